The lowest BCUT2D eigenvalue weighted by Crippen LogP contribution is -2.42. The Morgan fingerprint density at radius 1 is 1.19 bits per heavy atom. The summed E-state index contributed by atoms with van der Waals surface area (Å²) in [5, 5.41) is 3.16. The molecule has 0 unspecified atom stereocenters. The zero-order chi connectivity index (χ0) is 22.4. The van der Waals surface area contributed by atoms with Crippen molar-refractivity contribution in [3.8, 4) is 11.5 Å². The molecule has 2 aromatic rings. The average molecular weight is 574 g/mol. The molecule has 176 valence electrons. The van der Waals surface area contributed by atoms with Crippen molar-refractivity contribution in [3.63, 3.8) is 0 Å². The first kappa shape index (κ1) is 26.0. The Hall–Kier alpha value is -2.21. The van der Waals surface area contributed by atoms with Crippen LogP contribution in [-0.4, -0.2) is 66.4 Å². The number of aliphatic imine (C=N–C) groups is 1. The molecule has 0 aliphatic carbocycles. The number of hydrogen-bond acceptors (Lipinski definition) is 5. The molecule has 0 bridgehead atoms. The summed E-state index contributed by atoms with van der Waals surface area (Å²) in [6, 6.07) is 13.3. The Morgan fingerprint density at radius 2 is 1.94 bits per heavy atom. The molecule has 1 N–H and O–H groups in total. The van der Waals surface area contributed by atoms with E-state index in [2.05, 4.69) is 10.3 Å². The van der Waals surface area contributed by atoms with Gasteiger partial charge in [0.25, 0.3) is 0 Å². The molecule has 0 spiro atoms. The van der Waals surface area contributed by atoms with Gasteiger partial charge in [0.1, 0.15) is 11.5 Å². The molecule has 0 saturated carbocycles. The van der Waals surface area contributed by atoms with Gasteiger partial charge >= 0.3 is 0 Å². The van der Waals surface area contributed by atoms with Gasteiger partial charge in [-0.05, 0) is 30.2 Å². The number of nitrogens with one attached hydrogen (secondary N) is 1. The van der Waals surface area contributed by atoms with Crippen LogP contribution < -0.4 is 19.1 Å². The van der Waals surface area contributed by atoms with Gasteiger partial charge in [-0.15, -0.1) is 24.0 Å². The van der Waals surface area contributed by atoms with Crippen molar-refractivity contribution in [2.75, 3.05) is 51.5 Å². The van der Waals surface area contributed by atoms with Crippen LogP contribution in [0.15, 0.2) is 47.5 Å². The maximum absolute atomic E-state index is 12.9. The number of halogens is 1. The highest BCUT2D eigenvalue weighted by Gasteiger charge is 2.28. The van der Waals surface area contributed by atoms with Crippen LogP contribution in [0, 0.1) is 0 Å². The van der Waals surface area contributed by atoms with E-state index in [9.17, 15) is 8.42 Å². The number of hydrogen-bond donors (Lipinski definition) is 1. The van der Waals surface area contributed by atoms with Crippen LogP contribution in [0.4, 0.5) is 5.69 Å². The Bertz CT molecular complexity index is 1050. The minimum absolute atomic E-state index is 0. The Labute approximate surface area is 207 Å². The molecule has 1 aliphatic rings. The van der Waals surface area contributed by atoms with Crippen LogP contribution in [0.3, 0.4) is 0 Å². The highest BCUT2D eigenvalue weighted by Crippen LogP contribution is 2.30. The fraction of sp³-hybridized carbons (Fsp3) is 0.409. The lowest BCUT2D eigenvalue weighted by Gasteiger charge is -2.24. The number of nitrogens with zero attached hydrogens (tertiary/aromatic N) is 3. The van der Waals surface area contributed by atoms with Gasteiger partial charge in [-0.25, -0.2) is 8.42 Å². The van der Waals surface area contributed by atoms with Crippen molar-refractivity contribution < 1.29 is 17.9 Å². The second-order valence-corrected chi connectivity index (χ2v) is 9.29. The largest absolute Gasteiger partial charge is 0.497 e. The standard InChI is InChI=1S/C22H30N4O4S.HI/c1-23-22(25(2)16-18-9-10-19(29-3)15-21(18)30-4)24-12-14-31(27,28)26-13-11-17-7-5-6-8-20(17)26;/h5-10,15H,11-14,16H2,1-4H3,(H,23,24);1H. The van der Waals surface area contributed by atoms with E-state index in [1.807, 2.05) is 54.4 Å². The van der Waals surface area contributed by atoms with Gasteiger partial charge in [0.15, 0.2) is 5.96 Å². The third kappa shape index (κ3) is 5.97. The van der Waals surface area contributed by atoms with Crippen molar-refractivity contribution >= 4 is 45.6 Å². The summed E-state index contributed by atoms with van der Waals surface area (Å²) in [5.74, 6) is 2.03. The number of benzene rings is 2. The number of sulfonamides is 1. The van der Waals surface area contributed by atoms with E-state index < -0.39 is 10.0 Å². The SMILES string of the molecule is CN=C(NCCS(=O)(=O)N1CCc2ccccc21)N(C)Cc1ccc(OC)cc1OC.I. The smallest absolute Gasteiger partial charge is 0.236 e. The molecular formula is C22H31IN4O4S. The summed E-state index contributed by atoms with van der Waals surface area (Å²) in [6.07, 6.45) is 0.747. The van der Waals surface area contributed by atoms with Gasteiger partial charge in [-0.2, -0.15) is 0 Å². The number of anilines is 1. The van der Waals surface area contributed by atoms with Crippen molar-refractivity contribution in [3.05, 3.63) is 53.6 Å². The van der Waals surface area contributed by atoms with E-state index in [1.165, 1.54) is 4.31 Å². The first-order valence-corrected chi connectivity index (χ1v) is 11.7. The Kier molecular flexibility index (Phi) is 9.44. The van der Waals surface area contributed by atoms with Gasteiger partial charge in [0, 0.05) is 45.4 Å². The van der Waals surface area contributed by atoms with E-state index in [4.69, 9.17) is 9.47 Å². The van der Waals surface area contributed by atoms with Gasteiger partial charge < -0.3 is 19.7 Å². The monoisotopic (exact) mass is 574 g/mol. The fourth-order valence-electron chi connectivity index (χ4n) is 3.70. The second-order valence-electron chi connectivity index (χ2n) is 7.27. The van der Waals surface area contributed by atoms with Gasteiger partial charge in [-0.1, -0.05) is 18.2 Å². The molecule has 8 nitrogen and oxygen atoms in total. The molecule has 32 heavy (non-hydrogen) atoms. The molecule has 1 aliphatic heterocycles. The average Bonchev–Trinajstić information content (AvgIpc) is 3.22. The van der Waals surface area contributed by atoms with Crippen LogP contribution in [0.2, 0.25) is 0 Å². The molecule has 0 amide bonds. The van der Waals surface area contributed by atoms with Crippen LogP contribution in [0.5, 0.6) is 11.5 Å². The predicted octanol–water partition coefficient (Wildman–Crippen LogP) is 2.72. The maximum atomic E-state index is 12.9. The quantitative estimate of drug-likeness (QED) is 0.297. The highest BCUT2D eigenvalue weighted by molar-refractivity contribution is 14.0. The molecule has 3 rings (SSSR count). The van der Waals surface area contributed by atoms with Crippen molar-refractivity contribution in [1.29, 1.82) is 0 Å². The minimum Gasteiger partial charge on any atom is -0.497 e. The third-order valence-electron chi connectivity index (χ3n) is 5.30. The number of rotatable bonds is 8. The minimum atomic E-state index is -3.42. The summed E-state index contributed by atoms with van der Waals surface area (Å²) >= 11 is 0. The fourth-order valence-corrected chi connectivity index (χ4v) is 5.12. The number of guanidine groups is 1. The van der Waals surface area contributed by atoms with Crippen LogP contribution >= 0.6 is 24.0 Å². The highest BCUT2D eigenvalue weighted by atomic mass is 127. The van der Waals surface area contributed by atoms with E-state index in [0.717, 1.165) is 34.7 Å². The van der Waals surface area contributed by atoms with Gasteiger partial charge in [-0.3, -0.25) is 9.30 Å². The van der Waals surface area contributed by atoms with Crippen LogP contribution in [0.25, 0.3) is 0 Å². The van der Waals surface area contributed by atoms with Gasteiger partial charge in [0.2, 0.25) is 10.0 Å². The van der Waals surface area contributed by atoms with Gasteiger partial charge in [0.05, 0.1) is 25.7 Å². The number of methoxy groups -OCH3 is 2. The number of fused-ring (bicyclic) bond motifs is 1. The number of ether oxygens (including phenoxy) is 2. The molecule has 1 heterocycles. The Morgan fingerprint density at radius 3 is 2.62 bits per heavy atom. The van der Waals surface area contributed by atoms with Crippen LogP contribution in [0.1, 0.15) is 11.1 Å². The molecule has 10 heteroatoms. The molecule has 0 aromatic heterocycles. The first-order valence-electron chi connectivity index (χ1n) is 10.1. The molecular weight excluding hydrogens is 543 g/mol. The summed E-state index contributed by atoms with van der Waals surface area (Å²) in [7, 11) is 3.38. The van der Waals surface area contributed by atoms with Crippen molar-refractivity contribution in [1.82, 2.24) is 10.2 Å². The lowest BCUT2D eigenvalue weighted by atomic mass is 10.2. The second kappa shape index (κ2) is 11.6. The van der Waals surface area contributed by atoms with E-state index >= 15 is 0 Å². The summed E-state index contributed by atoms with van der Waals surface area (Å²) in [5.41, 5.74) is 2.83. The molecule has 2 aromatic carbocycles. The number of para-hydroxylation sites is 1. The van der Waals surface area contributed by atoms with Crippen molar-refractivity contribution in [2.24, 2.45) is 4.99 Å². The van der Waals surface area contributed by atoms with E-state index in [0.29, 0.717) is 19.0 Å². The Balaban J connectivity index is 0.00000363. The predicted molar refractivity (Wildman–Crippen MR) is 139 cm³/mol. The zero-order valence-corrected chi connectivity index (χ0v) is 22.0. The first-order chi connectivity index (χ1) is 14.9. The van der Waals surface area contributed by atoms with Crippen LogP contribution in [-0.2, 0) is 23.0 Å². The topological polar surface area (TPSA) is 83.5 Å². The van der Waals surface area contributed by atoms with E-state index in [1.54, 1.807) is 21.3 Å². The van der Waals surface area contributed by atoms with E-state index in [-0.39, 0.29) is 36.3 Å². The zero-order valence-electron chi connectivity index (χ0n) is 18.9. The maximum Gasteiger partial charge on any atom is 0.236 e. The lowest BCUT2D eigenvalue weighted by molar-refractivity contribution is 0.382. The van der Waals surface area contributed by atoms with Crippen molar-refractivity contribution in [2.45, 2.75) is 13.0 Å². The molecule has 0 saturated heterocycles. The summed E-state index contributed by atoms with van der Waals surface area (Å²) in [4.78, 5) is 6.20. The summed E-state index contributed by atoms with van der Waals surface area (Å²) in [6.45, 7) is 1.30. The third-order valence-corrected chi connectivity index (χ3v) is 7.07. The summed E-state index contributed by atoms with van der Waals surface area (Å²) < 4.78 is 38.0. The molecule has 0 atom stereocenters. The molecule has 0 fully saturated rings. The normalized spacial score (nSPS) is 13.2. The molecule has 0 radical (unpaired) electrons.